The van der Waals surface area contributed by atoms with Gasteiger partial charge in [0.05, 0.1) is 6.54 Å². The van der Waals surface area contributed by atoms with Crippen LogP contribution in [0.4, 0.5) is 0 Å². The van der Waals surface area contributed by atoms with Crippen LogP contribution in [0.3, 0.4) is 0 Å². The second kappa shape index (κ2) is 9.71. The molecule has 2 unspecified atom stereocenters. The Morgan fingerprint density at radius 2 is 2.10 bits per heavy atom. The van der Waals surface area contributed by atoms with Crippen molar-refractivity contribution < 1.29 is 10.0 Å². The number of nitrogens with zero attached hydrogens (tertiary/aromatic N) is 3. The Bertz CT molecular complexity index is 1100. The summed E-state index contributed by atoms with van der Waals surface area (Å²) in [6.07, 6.45) is 13.8. The lowest BCUT2D eigenvalue weighted by atomic mass is 9.87. The van der Waals surface area contributed by atoms with Crippen LogP contribution in [0.2, 0.25) is 0 Å². The van der Waals surface area contributed by atoms with E-state index in [0.29, 0.717) is 11.8 Å². The van der Waals surface area contributed by atoms with Crippen molar-refractivity contribution >= 4 is 23.1 Å². The zero-order valence-electron chi connectivity index (χ0n) is 17.7. The number of benzene rings is 1. The molecule has 160 valence electrons. The van der Waals surface area contributed by atoms with Crippen molar-refractivity contribution in [2.45, 2.75) is 39.2 Å². The van der Waals surface area contributed by atoms with Gasteiger partial charge in [-0.05, 0) is 54.4 Å². The highest BCUT2D eigenvalue weighted by Gasteiger charge is 2.17. The third-order valence-corrected chi connectivity index (χ3v) is 5.85. The third-order valence-electron chi connectivity index (χ3n) is 5.85. The molecule has 1 amide bonds. The average molecular weight is 417 g/mol. The monoisotopic (exact) mass is 416 g/mol. The highest BCUT2D eigenvalue weighted by atomic mass is 16.5. The standard InChI is InChI=1S/C25H28N4O2/c1-18-7-9-19(10-8-18)11-13-23-27-22-15-21(12-14-24(30)28-31)16-26-25(22)29(23)17-20-5-3-2-4-6-20/h2-7,9,12,14-16,18-19,31H,8,10-11,13,17H2,1H3,(H,28,30)/b14-12+. The van der Waals surface area contributed by atoms with E-state index in [0.717, 1.165) is 41.9 Å². The Labute approximate surface area is 182 Å². The van der Waals surface area contributed by atoms with Gasteiger partial charge in [-0.25, -0.2) is 15.4 Å². The average Bonchev–Trinajstić information content (AvgIpc) is 3.14. The molecule has 2 atom stereocenters. The zero-order valence-corrected chi connectivity index (χ0v) is 17.7. The third kappa shape index (κ3) is 5.27. The molecule has 1 aliphatic rings. The number of aryl methyl sites for hydroxylation is 1. The normalized spacial score (nSPS) is 18.6. The minimum atomic E-state index is -0.578. The fourth-order valence-electron chi connectivity index (χ4n) is 4.07. The van der Waals surface area contributed by atoms with E-state index in [9.17, 15) is 4.79 Å². The van der Waals surface area contributed by atoms with Crippen LogP contribution >= 0.6 is 0 Å². The molecule has 1 aliphatic carbocycles. The number of hydrogen-bond donors (Lipinski definition) is 2. The van der Waals surface area contributed by atoms with Gasteiger partial charge in [0, 0.05) is 18.7 Å². The number of hydrogen-bond acceptors (Lipinski definition) is 4. The van der Waals surface area contributed by atoms with Crippen LogP contribution in [0.25, 0.3) is 17.2 Å². The minimum absolute atomic E-state index is 0.578. The first kappa shape index (κ1) is 21.0. The number of pyridine rings is 1. The van der Waals surface area contributed by atoms with Crippen LogP contribution in [0.1, 0.15) is 43.1 Å². The van der Waals surface area contributed by atoms with E-state index in [1.165, 1.54) is 24.5 Å². The lowest BCUT2D eigenvalue weighted by molar-refractivity contribution is -0.124. The summed E-state index contributed by atoms with van der Waals surface area (Å²) < 4.78 is 2.20. The van der Waals surface area contributed by atoms with Crippen LogP contribution in [0.15, 0.2) is 60.8 Å². The molecule has 2 heterocycles. The van der Waals surface area contributed by atoms with Crippen LogP contribution < -0.4 is 5.48 Å². The summed E-state index contributed by atoms with van der Waals surface area (Å²) in [6, 6.07) is 12.3. The number of fused-ring (bicyclic) bond motifs is 1. The predicted molar refractivity (Wildman–Crippen MR) is 121 cm³/mol. The van der Waals surface area contributed by atoms with Crippen LogP contribution in [0, 0.1) is 11.8 Å². The summed E-state index contributed by atoms with van der Waals surface area (Å²) in [5.74, 6) is 1.74. The number of allylic oxidation sites excluding steroid dienone is 2. The molecular formula is C25H28N4O2. The summed E-state index contributed by atoms with van der Waals surface area (Å²) in [7, 11) is 0. The summed E-state index contributed by atoms with van der Waals surface area (Å²) in [5.41, 5.74) is 5.21. The maximum atomic E-state index is 11.3. The lowest BCUT2D eigenvalue weighted by Gasteiger charge is -2.20. The van der Waals surface area contributed by atoms with E-state index in [2.05, 4.69) is 40.8 Å². The fraction of sp³-hybridized carbons (Fsp3) is 0.320. The van der Waals surface area contributed by atoms with Crippen molar-refractivity contribution in [3.8, 4) is 0 Å². The summed E-state index contributed by atoms with van der Waals surface area (Å²) in [4.78, 5) is 20.8. The van der Waals surface area contributed by atoms with Crippen molar-refractivity contribution in [1.29, 1.82) is 0 Å². The number of imidazole rings is 1. The SMILES string of the molecule is CC1C=CC(CCc2nc3cc(/C=C/C(=O)NO)cnc3n2Cc2ccccc2)CC1. The molecular weight excluding hydrogens is 388 g/mol. The number of amides is 1. The Kier molecular flexibility index (Phi) is 6.57. The molecule has 0 spiro atoms. The van der Waals surface area contributed by atoms with Gasteiger partial charge in [0.1, 0.15) is 11.3 Å². The summed E-state index contributed by atoms with van der Waals surface area (Å²) >= 11 is 0. The quantitative estimate of drug-likeness (QED) is 0.257. The van der Waals surface area contributed by atoms with E-state index >= 15 is 0 Å². The van der Waals surface area contributed by atoms with Crippen LogP contribution in [-0.4, -0.2) is 25.6 Å². The second-order valence-electron chi connectivity index (χ2n) is 8.26. The summed E-state index contributed by atoms with van der Waals surface area (Å²) in [6.45, 7) is 2.99. The van der Waals surface area contributed by atoms with Crippen LogP contribution in [-0.2, 0) is 17.8 Å². The van der Waals surface area contributed by atoms with Crippen molar-refractivity contribution in [2.75, 3.05) is 0 Å². The van der Waals surface area contributed by atoms with Gasteiger partial charge in [0.25, 0.3) is 5.91 Å². The van der Waals surface area contributed by atoms with E-state index in [1.807, 2.05) is 24.3 Å². The number of hydroxylamine groups is 1. The Morgan fingerprint density at radius 3 is 2.84 bits per heavy atom. The molecule has 6 heteroatoms. The summed E-state index contributed by atoms with van der Waals surface area (Å²) in [5, 5.41) is 8.66. The molecule has 0 saturated carbocycles. The molecule has 1 aromatic carbocycles. The number of carbonyl (C=O) groups is 1. The first-order chi connectivity index (χ1) is 15.1. The molecule has 4 rings (SSSR count). The van der Waals surface area contributed by atoms with E-state index in [-0.39, 0.29) is 0 Å². The zero-order chi connectivity index (χ0) is 21.6. The van der Waals surface area contributed by atoms with Gasteiger partial charge in [0.15, 0.2) is 5.65 Å². The number of nitrogens with one attached hydrogen (secondary N) is 1. The molecule has 2 N–H and O–H groups in total. The van der Waals surface area contributed by atoms with E-state index in [1.54, 1.807) is 17.8 Å². The molecule has 0 saturated heterocycles. The molecule has 0 bridgehead atoms. The first-order valence-electron chi connectivity index (χ1n) is 10.8. The highest BCUT2D eigenvalue weighted by Crippen LogP contribution is 2.26. The smallest absolute Gasteiger partial charge is 0.267 e. The van der Waals surface area contributed by atoms with Gasteiger partial charge >= 0.3 is 0 Å². The number of aromatic nitrogens is 3. The Balaban J connectivity index is 1.63. The highest BCUT2D eigenvalue weighted by molar-refractivity contribution is 5.91. The first-order valence-corrected chi connectivity index (χ1v) is 10.8. The number of carbonyl (C=O) groups excluding carboxylic acids is 1. The van der Waals surface area contributed by atoms with Gasteiger partial charge in [-0.2, -0.15) is 0 Å². The van der Waals surface area contributed by atoms with Crippen molar-refractivity contribution in [2.24, 2.45) is 11.8 Å². The maximum absolute atomic E-state index is 11.3. The van der Waals surface area contributed by atoms with E-state index < -0.39 is 5.91 Å². The van der Waals surface area contributed by atoms with Gasteiger partial charge in [-0.3, -0.25) is 10.0 Å². The molecule has 2 aromatic heterocycles. The fourth-order valence-corrected chi connectivity index (χ4v) is 4.07. The van der Waals surface area contributed by atoms with Gasteiger partial charge in [-0.15, -0.1) is 0 Å². The topological polar surface area (TPSA) is 80.0 Å². The predicted octanol–water partition coefficient (Wildman–Crippen LogP) is 4.53. The lowest BCUT2D eigenvalue weighted by Crippen LogP contribution is -2.14. The van der Waals surface area contributed by atoms with E-state index in [4.69, 9.17) is 10.2 Å². The Morgan fingerprint density at radius 1 is 1.26 bits per heavy atom. The van der Waals surface area contributed by atoms with Gasteiger partial charge in [0.2, 0.25) is 0 Å². The van der Waals surface area contributed by atoms with Crippen molar-refractivity contribution in [3.05, 3.63) is 77.8 Å². The van der Waals surface area contributed by atoms with Gasteiger partial charge < -0.3 is 4.57 Å². The molecule has 3 aromatic rings. The number of rotatable bonds is 7. The maximum Gasteiger partial charge on any atom is 0.267 e. The second-order valence-corrected chi connectivity index (χ2v) is 8.26. The molecule has 0 fully saturated rings. The molecule has 31 heavy (non-hydrogen) atoms. The largest absolute Gasteiger partial charge is 0.308 e. The van der Waals surface area contributed by atoms with Crippen molar-refractivity contribution in [1.82, 2.24) is 20.0 Å². The van der Waals surface area contributed by atoms with Crippen molar-refractivity contribution in [3.63, 3.8) is 0 Å². The Hall–Kier alpha value is -3.25. The minimum Gasteiger partial charge on any atom is -0.308 e. The van der Waals surface area contributed by atoms with Gasteiger partial charge in [-0.1, -0.05) is 49.4 Å². The molecule has 0 aliphatic heterocycles. The molecule has 6 nitrogen and oxygen atoms in total. The van der Waals surface area contributed by atoms with Crippen LogP contribution in [0.5, 0.6) is 0 Å². The molecule has 0 radical (unpaired) electrons.